The van der Waals surface area contributed by atoms with E-state index in [9.17, 15) is 0 Å². The second kappa shape index (κ2) is 9.11. The number of rotatable bonds is 3. The minimum Gasteiger partial charge on any atom is -1.00 e. The minimum absolute atomic E-state index is 0. The van der Waals surface area contributed by atoms with Gasteiger partial charge in [0.15, 0.2) is 0 Å². The van der Waals surface area contributed by atoms with Crippen molar-refractivity contribution in [2.45, 2.75) is 13.8 Å². The second-order valence-corrected chi connectivity index (χ2v) is 5.21. The minimum atomic E-state index is 0. The number of hydrogen-bond acceptors (Lipinski definition) is 1. The molecule has 0 radical (unpaired) electrons. The first-order valence-electron chi connectivity index (χ1n) is 7.15. The van der Waals surface area contributed by atoms with Gasteiger partial charge in [0.2, 0.25) is 0 Å². The summed E-state index contributed by atoms with van der Waals surface area (Å²) in [5, 5.41) is 0. The third-order valence-electron chi connectivity index (χ3n) is 3.41. The maximum Gasteiger partial charge on any atom is 2.00 e. The van der Waals surface area contributed by atoms with Crippen LogP contribution in [0.1, 0.15) is 11.1 Å². The van der Waals surface area contributed by atoms with E-state index in [0.717, 1.165) is 22.5 Å². The number of hydrogen-bond donors (Lipinski definition) is 0. The van der Waals surface area contributed by atoms with Crippen LogP contribution in [0, 0.1) is 19.9 Å². The second-order valence-electron chi connectivity index (χ2n) is 5.21. The molecule has 1 nitrogen and oxygen atoms in total. The summed E-state index contributed by atoms with van der Waals surface area (Å²) in [6, 6.07) is 28.6. The number of benzene rings is 3. The van der Waals surface area contributed by atoms with Gasteiger partial charge in [-0.25, -0.2) is 0 Å². The Morgan fingerprint density at radius 2 is 1.04 bits per heavy atom. The molecule has 0 aliphatic rings. The Morgan fingerprint density at radius 1 is 0.652 bits per heavy atom. The van der Waals surface area contributed by atoms with E-state index >= 15 is 0 Å². The van der Waals surface area contributed by atoms with Gasteiger partial charge < -0.3 is 21.9 Å². The van der Waals surface area contributed by atoms with Crippen LogP contribution >= 0.6 is 0 Å². The maximum atomic E-state index is 3.34. The van der Waals surface area contributed by atoms with Crippen molar-refractivity contribution in [3.8, 4) is 0 Å². The third kappa shape index (κ3) is 4.84. The molecule has 0 heterocycles. The summed E-state index contributed by atoms with van der Waals surface area (Å²) < 4.78 is 0. The van der Waals surface area contributed by atoms with E-state index in [0.29, 0.717) is 0 Å². The molecule has 0 unspecified atom stereocenters. The van der Waals surface area contributed by atoms with Gasteiger partial charge in [-0.15, -0.1) is 12.1 Å². The standard InChI is InChI=1S/C20H18N.BrH.Mg/c1-16-13-17(2)15-20(14-16)21(18-9-5-3-6-10-18)19-11-7-4-8-12-19;;/h3-12,14-15H,1-2H3;1H;/q-1;;+2/p-1. The number of nitrogens with zero attached hydrogens (tertiary/aromatic N) is 1. The molecule has 0 fully saturated rings. The van der Waals surface area contributed by atoms with Crippen molar-refractivity contribution in [3.05, 3.63) is 90.0 Å². The van der Waals surface area contributed by atoms with Gasteiger partial charge in [0.1, 0.15) is 0 Å². The van der Waals surface area contributed by atoms with E-state index in [4.69, 9.17) is 0 Å². The Balaban J connectivity index is 0.00000132. The van der Waals surface area contributed by atoms with Gasteiger partial charge in [-0.05, 0) is 24.3 Å². The first kappa shape index (κ1) is 19.8. The molecule has 0 spiro atoms. The molecule has 23 heavy (non-hydrogen) atoms. The van der Waals surface area contributed by atoms with Crippen LogP contribution in [-0.4, -0.2) is 23.1 Å². The maximum absolute atomic E-state index is 3.34. The molecule has 0 aliphatic heterocycles. The van der Waals surface area contributed by atoms with Crippen LogP contribution in [0.4, 0.5) is 17.1 Å². The predicted octanol–water partition coefficient (Wildman–Crippen LogP) is 2.20. The zero-order valence-electron chi connectivity index (χ0n) is 13.5. The Bertz CT molecular complexity index is 669. The van der Waals surface area contributed by atoms with E-state index in [1.54, 1.807) is 0 Å². The fraction of sp³-hybridized carbons (Fsp3) is 0.100. The van der Waals surface area contributed by atoms with E-state index in [2.05, 4.69) is 85.5 Å². The summed E-state index contributed by atoms with van der Waals surface area (Å²) in [7, 11) is 0. The third-order valence-corrected chi connectivity index (χ3v) is 3.41. The molecule has 0 bridgehead atoms. The Labute approximate surface area is 165 Å². The average molecular weight is 377 g/mol. The van der Waals surface area contributed by atoms with E-state index in [-0.39, 0.29) is 40.0 Å². The van der Waals surface area contributed by atoms with Crippen molar-refractivity contribution < 1.29 is 17.0 Å². The summed E-state index contributed by atoms with van der Waals surface area (Å²) in [4.78, 5) is 2.27. The van der Waals surface area contributed by atoms with Crippen LogP contribution in [0.25, 0.3) is 0 Å². The van der Waals surface area contributed by atoms with Crippen molar-refractivity contribution in [3.63, 3.8) is 0 Å². The molecule has 0 aliphatic carbocycles. The largest absolute Gasteiger partial charge is 2.00 e. The fourth-order valence-electron chi connectivity index (χ4n) is 2.60. The zero-order chi connectivity index (χ0) is 14.7. The van der Waals surface area contributed by atoms with Crippen LogP contribution in [0.15, 0.2) is 72.8 Å². The Kier molecular flexibility index (Phi) is 7.83. The van der Waals surface area contributed by atoms with Crippen LogP contribution < -0.4 is 21.9 Å². The van der Waals surface area contributed by atoms with Gasteiger partial charge in [0, 0.05) is 11.4 Å². The summed E-state index contributed by atoms with van der Waals surface area (Å²) >= 11 is 0. The normalized spacial score (nSPS) is 9.48. The van der Waals surface area contributed by atoms with Gasteiger partial charge in [0.05, 0.1) is 0 Å². The number of aryl methyl sites for hydroxylation is 2. The van der Waals surface area contributed by atoms with Gasteiger partial charge in [-0.1, -0.05) is 55.9 Å². The number of halogens is 1. The molecular formula is C20H18BrMgN. The van der Waals surface area contributed by atoms with Crippen LogP contribution in [0.2, 0.25) is 0 Å². The summed E-state index contributed by atoms with van der Waals surface area (Å²) in [5.41, 5.74) is 5.80. The van der Waals surface area contributed by atoms with Gasteiger partial charge in [-0.3, -0.25) is 0 Å². The van der Waals surface area contributed by atoms with Gasteiger partial charge in [0.25, 0.3) is 0 Å². The molecule has 0 N–H and O–H groups in total. The molecule has 0 atom stereocenters. The first-order chi connectivity index (χ1) is 10.2. The Morgan fingerprint density at radius 3 is 1.43 bits per heavy atom. The molecule has 0 saturated carbocycles. The molecule has 0 saturated heterocycles. The Hall–Kier alpha value is -1.29. The number of para-hydroxylation sites is 2. The van der Waals surface area contributed by atoms with Crippen molar-refractivity contribution in [2.75, 3.05) is 4.90 Å². The predicted molar refractivity (Wildman–Crippen MR) is 95.2 cm³/mol. The van der Waals surface area contributed by atoms with Crippen molar-refractivity contribution in [1.82, 2.24) is 0 Å². The summed E-state index contributed by atoms with van der Waals surface area (Å²) in [6.07, 6.45) is 0. The molecule has 0 aromatic heterocycles. The monoisotopic (exact) mass is 375 g/mol. The van der Waals surface area contributed by atoms with Gasteiger partial charge >= 0.3 is 23.1 Å². The molecule has 0 amide bonds. The quantitative estimate of drug-likeness (QED) is 0.500. The fourth-order valence-corrected chi connectivity index (χ4v) is 2.60. The van der Waals surface area contributed by atoms with Gasteiger partial charge in [-0.2, -0.15) is 17.2 Å². The molecule has 112 valence electrons. The number of anilines is 3. The average Bonchev–Trinajstić information content (AvgIpc) is 2.49. The van der Waals surface area contributed by atoms with Crippen molar-refractivity contribution >= 4 is 40.1 Å². The van der Waals surface area contributed by atoms with Crippen molar-refractivity contribution in [1.29, 1.82) is 0 Å². The van der Waals surface area contributed by atoms with Crippen LogP contribution in [0.3, 0.4) is 0 Å². The van der Waals surface area contributed by atoms with E-state index in [1.165, 1.54) is 5.69 Å². The van der Waals surface area contributed by atoms with E-state index in [1.807, 2.05) is 12.1 Å². The van der Waals surface area contributed by atoms with Crippen LogP contribution in [0.5, 0.6) is 0 Å². The summed E-state index contributed by atoms with van der Waals surface area (Å²) in [5.74, 6) is 0. The molecule has 3 rings (SSSR count). The van der Waals surface area contributed by atoms with Crippen molar-refractivity contribution in [2.24, 2.45) is 0 Å². The van der Waals surface area contributed by atoms with Crippen LogP contribution in [-0.2, 0) is 0 Å². The molecule has 3 heteroatoms. The zero-order valence-corrected chi connectivity index (χ0v) is 16.5. The summed E-state index contributed by atoms with van der Waals surface area (Å²) in [6.45, 7) is 4.18. The molecular weight excluding hydrogens is 358 g/mol. The smallest absolute Gasteiger partial charge is 1.00 e. The first-order valence-corrected chi connectivity index (χ1v) is 7.15. The topological polar surface area (TPSA) is 3.24 Å². The SMILES string of the molecule is Cc1[c-]c(C)cc(N(c2ccccc2)c2ccccc2)c1.[Br-].[Mg+2]. The molecule has 3 aromatic carbocycles. The van der Waals surface area contributed by atoms with E-state index < -0.39 is 0 Å². The molecule has 3 aromatic rings.